The fraction of sp³-hybridized carbons (Fsp3) is 0.708. The van der Waals surface area contributed by atoms with Crippen LogP contribution in [0.2, 0.25) is 13.1 Å². The zero-order valence-electron chi connectivity index (χ0n) is 20.8. The molecule has 0 bridgehead atoms. The third-order valence-corrected chi connectivity index (χ3v) is 7.58. The van der Waals surface area contributed by atoms with Crippen LogP contribution in [0.25, 0.3) is 0 Å². The first kappa shape index (κ1) is 26.1. The van der Waals surface area contributed by atoms with Crippen molar-refractivity contribution in [2.75, 3.05) is 0 Å². The minimum atomic E-state index is -0.612. The quantitative estimate of drug-likeness (QED) is 0.403. The molecule has 0 saturated carbocycles. The smallest absolute Gasteiger partial charge is 0.410 e. The third kappa shape index (κ3) is 6.66. The van der Waals surface area contributed by atoms with Crippen molar-refractivity contribution in [2.24, 2.45) is 11.3 Å². The lowest BCUT2D eigenvalue weighted by Crippen LogP contribution is -2.50. The summed E-state index contributed by atoms with van der Waals surface area (Å²) >= 11 is 0. The van der Waals surface area contributed by atoms with E-state index in [1.165, 1.54) is 5.56 Å². The summed E-state index contributed by atoms with van der Waals surface area (Å²) < 4.78 is 18.3. The number of hydrogen-bond acceptors (Lipinski definition) is 4. The molecular weight excluding hydrogens is 422 g/mol. The summed E-state index contributed by atoms with van der Waals surface area (Å²) in [5.41, 5.74) is 0.526. The molecule has 0 radical (unpaired) electrons. The molecule has 1 aliphatic rings. The number of benzene rings is 1. The number of carbonyl (C=O) groups is 1. The van der Waals surface area contributed by atoms with Crippen molar-refractivity contribution in [1.29, 1.82) is 0 Å². The molecule has 0 aromatic heterocycles. The van der Waals surface area contributed by atoms with E-state index in [1.54, 1.807) is 0 Å². The SMILES string of the molecule is CCC1CC(C(C)(C)C(O[SiH2]C)O[SiH2]C)C(Cc2ccccc2)N1C(=O)OC(C)(C)C. The maximum Gasteiger partial charge on any atom is 0.410 e. The highest BCUT2D eigenvalue weighted by atomic mass is 28.2. The molecule has 0 aliphatic carbocycles. The fourth-order valence-electron chi connectivity index (χ4n) is 4.84. The minimum Gasteiger partial charge on any atom is -0.444 e. The Labute approximate surface area is 194 Å². The Morgan fingerprint density at radius 3 is 2.16 bits per heavy atom. The lowest BCUT2D eigenvalue weighted by molar-refractivity contribution is -0.110. The van der Waals surface area contributed by atoms with Gasteiger partial charge in [0.1, 0.15) is 11.9 Å². The summed E-state index contributed by atoms with van der Waals surface area (Å²) in [6.07, 6.45) is 2.27. The van der Waals surface area contributed by atoms with Crippen molar-refractivity contribution < 1.29 is 18.4 Å². The van der Waals surface area contributed by atoms with Gasteiger partial charge in [-0.1, -0.05) is 64.2 Å². The molecule has 2 rings (SSSR count). The van der Waals surface area contributed by atoms with Gasteiger partial charge in [0.25, 0.3) is 0 Å². The molecule has 3 unspecified atom stereocenters. The molecule has 176 valence electrons. The molecule has 1 heterocycles. The van der Waals surface area contributed by atoms with Gasteiger partial charge in [-0.05, 0) is 51.5 Å². The van der Waals surface area contributed by atoms with E-state index in [4.69, 9.17) is 13.6 Å². The highest BCUT2D eigenvalue weighted by molar-refractivity contribution is 6.26. The zero-order valence-corrected chi connectivity index (χ0v) is 23.6. The maximum atomic E-state index is 13.4. The Morgan fingerprint density at radius 2 is 1.68 bits per heavy atom. The number of nitrogens with zero attached hydrogens (tertiary/aromatic N) is 1. The van der Waals surface area contributed by atoms with Gasteiger partial charge in [-0.3, -0.25) is 0 Å². The summed E-state index contributed by atoms with van der Waals surface area (Å²) in [5.74, 6) is 0.260. The van der Waals surface area contributed by atoms with Crippen molar-refractivity contribution in [3.8, 4) is 0 Å². The van der Waals surface area contributed by atoms with E-state index in [2.05, 4.69) is 58.1 Å². The summed E-state index contributed by atoms with van der Waals surface area (Å²) in [5, 5.41) is 0. The molecule has 3 atom stereocenters. The molecule has 1 aromatic rings. The third-order valence-electron chi connectivity index (χ3n) is 6.30. The van der Waals surface area contributed by atoms with Crippen LogP contribution in [0, 0.1) is 11.3 Å². The van der Waals surface area contributed by atoms with Crippen LogP contribution >= 0.6 is 0 Å². The summed E-state index contributed by atoms with van der Waals surface area (Å²) in [4.78, 5) is 15.4. The number of rotatable bonds is 9. The first-order valence-corrected chi connectivity index (χ1v) is 15.8. The van der Waals surface area contributed by atoms with E-state index in [9.17, 15) is 4.79 Å². The lowest BCUT2D eigenvalue weighted by atomic mass is 9.72. The first-order valence-electron chi connectivity index (χ1n) is 11.8. The molecular formula is C24H43NO4Si2. The number of likely N-dealkylation sites (tertiary alicyclic amines) is 1. The predicted octanol–water partition coefficient (Wildman–Crippen LogP) is 4.28. The van der Waals surface area contributed by atoms with E-state index in [0.29, 0.717) is 0 Å². The van der Waals surface area contributed by atoms with Gasteiger partial charge in [0.2, 0.25) is 0 Å². The van der Waals surface area contributed by atoms with Crippen LogP contribution in [-0.2, 0) is 20.0 Å². The van der Waals surface area contributed by atoms with Crippen LogP contribution in [-0.4, -0.2) is 54.5 Å². The topological polar surface area (TPSA) is 48.0 Å². The normalized spacial score (nSPS) is 23.9. The Morgan fingerprint density at radius 1 is 1.10 bits per heavy atom. The average Bonchev–Trinajstić information content (AvgIpc) is 3.06. The van der Waals surface area contributed by atoms with E-state index in [0.717, 1.165) is 19.3 Å². The van der Waals surface area contributed by atoms with Gasteiger partial charge in [0.05, 0.1) is 0 Å². The van der Waals surface area contributed by atoms with Gasteiger partial charge in [-0.2, -0.15) is 0 Å². The number of amides is 1. The fourth-order valence-corrected chi connectivity index (χ4v) is 6.69. The molecule has 0 N–H and O–H groups in total. The van der Waals surface area contributed by atoms with Crippen molar-refractivity contribution in [2.45, 2.75) is 97.9 Å². The van der Waals surface area contributed by atoms with Crippen LogP contribution in [0.5, 0.6) is 0 Å². The van der Waals surface area contributed by atoms with Crippen molar-refractivity contribution in [3.63, 3.8) is 0 Å². The maximum absolute atomic E-state index is 13.4. The average molecular weight is 466 g/mol. The standard InChI is InChI=1S/C24H43NO4Si2/c1-9-18-16-19(24(5,6)21(28-30-7)29-31-8)20(15-17-13-11-10-12-14-17)25(18)22(26)27-23(2,3)4/h10-14,18-21H,9,15-16,30-31H2,1-8H3. The second-order valence-corrected chi connectivity index (χ2v) is 11.9. The molecule has 1 fully saturated rings. The van der Waals surface area contributed by atoms with Crippen LogP contribution in [0.4, 0.5) is 4.79 Å². The summed E-state index contributed by atoms with van der Waals surface area (Å²) in [6.45, 7) is 16.8. The van der Waals surface area contributed by atoms with E-state index >= 15 is 0 Å². The Bertz CT molecular complexity index is 687. The monoisotopic (exact) mass is 465 g/mol. The number of carbonyl (C=O) groups excluding carboxylic acids is 1. The number of ether oxygens (including phenoxy) is 1. The largest absolute Gasteiger partial charge is 0.444 e. The van der Waals surface area contributed by atoms with Gasteiger partial charge in [0.15, 0.2) is 19.5 Å². The van der Waals surface area contributed by atoms with Crippen molar-refractivity contribution in [3.05, 3.63) is 35.9 Å². The van der Waals surface area contributed by atoms with Gasteiger partial charge in [-0.25, -0.2) is 4.79 Å². The Hall–Kier alpha value is -1.16. The molecule has 1 aliphatic heterocycles. The molecule has 1 aromatic carbocycles. The Balaban J connectivity index is 2.45. The molecule has 7 heteroatoms. The van der Waals surface area contributed by atoms with Gasteiger partial charge < -0.3 is 18.5 Å². The van der Waals surface area contributed by atoms with Gasteiger partial charge in [-0.15, -0.1) is 0 Å². The van der Waals surface area contributed by atoms with Gasteiger partial charge in [0, 0.05) is 17.5 Å². The van der Waals surface area contributed by atoms with E-state index in [1.807, 2.05) is 31.7 Å². The van der Waals surface area contributed by atoms with Crippen LogP contribution < -0.4 is 0 Å². The second kappa shape index (κ2) is 11.1. The predicted molar refractivity (Wildman–Crippen MR) is 133 cm³/mol. The van der Waals surface area contributed by atoms with Crippen molar-refractivity contribution in [1.82, 2.24) is 4.90 Å². The highest BCUT2D eigenvalue weighted by Gasteiger charge is 2.52. The molecule has 1 amide bonds. The van der Waals surface area contributed by atoms with Crippen LogP contribution in [0.1, 0.15) is 59.9 Å². The molecule has 1 saturated heterocycles. The first-order chi connectivity index (χ1) is 14.5. The van der Waals surface area contributed by atoms with Crippen molar-refractivity contribution >= 4 is 25.6 Å². The highest BCUT2D eigenvalue weighted by Crippen LogP contribution is 2.47. The van der Waals surface area contributed by atoms with Crippen LogP contribution in [0.15, 0.2) is 30.3 Å². The second-order valence-electron chi connectivity index (χ2n) is 10.1. The van der Waals surface area contributed by atoms with E-state index < -0.39 is 25.1 Å². The Kier molecular flexibility index (Phi) is 9.36. The zero-order chi connectivity index (χ0) is 23.2. The minimum absolute atomic E-state index is 0.0453. The molecule has 5 nitrogen and oxygen atoms in total. The van der Waals surface area contributed by atoms with E-state index in [-0.39, 0.29) is 35.8 Å². The van der Waals surface area contributed by atoms with Gasteiger partial charge >= 0.3 is 6.09 Å². The molecule has 31 heavy (non-hydrogen) atoms. The lowest BCUT2D eigenvalue weighted by Gasteiger charge is -2.42. The van der Waals surface area contributed by atoms with Crippen LogP contribution in [0.3, 0.4) is 0 Å². The summed E-state index contributed by atoms with van der Waals surface area (Å²) in [7, 11) is -1.22. The molecule has 0 spiro atoms. The summed E-state index contributed by atoms with van der Waals surface area (Å²) in [6, 6.07) is 10.7. The number of hydrogen-bond donors (Lipinski definition) is 0.